The average Bonchev–Trinajstić information content (AvgIpc) is 3.07. The Balaban J connectivity index is -0.0000000236. The molecule has 0 amide bonds. The van der Waals surface area contributed by atoms with Crippen molar-refractivity contribution >= 4 is 0 Å². The predicted octanol–water partition coefficient (Wildman–Crippen LogP) is 14.9. The first-order valence-corrected chi connectivity index (χ1v) is 14.4. The molecule has 0 aromatic carbocycles. The standard InChI is InChI=1S/C5H13FN2.C3H2F6.3C3H7F.C3H5F.2C2H2F4.C2H5F.CH6N2.6CH4/c1-2-3-7-5-8-4-6;4-1-2(5,6)3(7,8)9;4*1-2-3-4;2*3-1-2(4,5)6;1-2-3;2-1-3;;;;;;/h7-8H,2-5H2,1H3;1H2;3*2-3H2,1H3;2-3H,1H3;2*1H2;2H2,1H3;1-3H2;6*1H4. The highest BCUT2D eigenvalue weighted by atomic mass is 19.4. The molecule has 24 heteroatoms. The number of nitrogens with one attached hydrogen (secondary N) is 2. The van der Waals surface area contributed by atoms with Crippen molar-refractivity contribution < 1.29 is 87.8 Å². The van der Waals surface area contributed by atoms with Crippen LogP contribution < -0.4 is 22.1 Å². The molecule has 6 N–H and O–H groups in total. The lowest BCUT2D eigenvalue weighted by Crippen LogP contribution is -2.38. The van der Waals surface area contributed by atoms with Crippen LogP contribution in [0.15, 0.2) is 12.4 Å². The number of alkyl halides is 19. The van der Waals surface area contributed by atoms with Gasteiger partial charge in [-0.1, -0.05) is 78.3 Å². The van der Waals surface area contributed by atoms with Crippen molar-refractivity contribution in [1.82, 2.24) is 10.6 Å². The maximum absolute atomic E-state index is 11.3. The van der Waals surface area contributed by atoms with E-state index in [4.69, 9.17) is 0 Å². The highest BCUT2D eigenvalue weighted by Gasteiger charge is 2.57. The second-order valence-electron chi connectivity index (χ2n) is 7.42. The summed E-state index contributed by atoms with van der Waals surface area (Å²) >= 11 is 0. The fraction of sp³-hybridized carbons (Fsp3) is 0.939. The number of halogens is 20. The Labute approximate surface area is 332 Å². The van der Waals surface area contributed by atoms with Crippen LogP contribution in [0.5, 0.6) is 0 Å². The third kappa shape index (κ3) is 233. The van der Waals surface area contributed by atoms with E-state index in [0.717, 1.165) is 13.0 Å². The summed E-state index contributed by atoms with van der Waals surface area (Å²) in [6.07, 6.45) is -10.1. The highest BCUT2D eigenvalue weighted by Crippen LogP contribution is 2.35. The van der Waals surface area contributed by atoms with E-state index in [1.54, 1.807) is 27.7 Å². The van der Waals surface area contributed by atoms with Crippen LogP contribution >= 0.6 is 0 Å². The molecule has 0 atom stereocenters. The fourth-order valence-corrected chi connectivity index (χ4v) is 0.477. The molecule has 0 spiro atoms. The summed E-state index contributed by atoms with van der Waals surface area (Å²) in [7, 11) is 0. The van der Waals surface area contributed by atoms with E-state index >= 15 is 0 Å². The van der Waals surface area contributed by atoms with Crippen LogP contribution in [0.3, 0.4) is 0 Å². The Morgan fingerprint density at radius 1 is 0.491 bits per heavy atom. The molecule has 0 heterocycles. The first kappa shape index (κ1) is 106. The Hall–Kier alpha value is -1.82. The van der Waals surface area contributed by atoms with Crippen molar-refractivity contribution in [3.63, 3.8) is 0 Å². The van der Waals surface area contributed by atoms with Gasteiger partial charge in [-0.25, -0.2) is 22.0 Å². The van der Waals surface area contributed by atoms with Gasteiger partial charge in [0.1, 0.15) is 6.80 Å². The van der Waals surface area contributed by atoms with Crippen molar-refractivity contribution in [3.05, 3.63) is 12.4 Å². The Kier molecular flexibility index (Phi) is 167. The Bertz CT molecular complexity index is 502. The molecule has 0 aliphatic heterocycles. The number of hydrogen-bond donors (Lipinski definition) is 4. The largest absolute Gasteiger partial charge is 0.456 e. The summed E-state index contributed by atoms with van der Waals surface area (Å²) in [6.45, 7) is 3.95. The first-order valence-electron chi connectivity index (χ1n) is 14.4. The zero-order valence-corrected chi connectivity index (χ0v) is 29.5. The number of allylic oxidation sites excluding steroid dienone is 1. The van der Waals surface area contributed by atoms with E-state index in [1.807, 2.05) is 0 Å². The van der Waals surface area contributed by atoms with Gasteiger partial charge < -0.3 is 16.8 Å². The first-order chi connectivity index (χ1) is 23.3. The smallest absolute Gasteiger partial charge is 0.319 e. The van der Waals surface area contributed by atoms with Crippen LogP contribution in [-0.2, 0) is 0 Å². The van der Waals surface area contributed by atoms with Crippen LogP contribution in [0, 0.1) is 0 Å². The van der Waals surface area contributed by atoms with Crippen LogP contribution in [0.1, 0.15) is 112 Å². The fourth-order valence-electron chi connectivity index (χ4n) is 0.477. The summed E-state index contributed by atoms with van der Waals surface area (Å²) in [6, 6.07) is 0. The lowest BCUT2D eigenvalue weighted by atomic mass is 10.4. The van der Waals surface area contributed by atoms with Crippen LogP contribution in [0.2, 0.25) is 0 Å². The Morgan fingerprint density at radius 2 is 0.702 bits per heavy atom. The van der Waals surface area contributed by atoms with Crippen molar-refractivity contribution in [2.24, 2.45) is 11.5 Å². The van der Waals surface area contributed by atoms with E-state index in [9.17, 15) is 87.8 Å². The maximum Gasteiger partial charge on any atom is 0.456 e. The zero-order valence-electron chi connectivity index (χ0n) is 29.5. The van der Waals surface area contributed by atoms with Crippen LogP contribution in [0.25, 0.3) is 0 Å². The monoisotopic (exact) mass is 913 g/mol. The van der Waals surface area contributed by atoms with Crippen molar-refractivity contribution in [2.75, 3.05) is 73.4 Å². The van der Waals surface area contributed by atoms with Crippen molar-refractivity contribution in [1.29, 1.82) is 0 Å². The van der Waals surface area contributed by atoms with Crippen molar-refractivity contribution in [3.8, 4) is 0 Å². The van der Waals surface area contributed by atoms with Gasteiger partial charge in [0.25, 0.3) is 0 Å². The number of hydrogen-bond acceptors (Lipinski definition) is 4. The molecule has 0 saturated heterocycles. The van der Waals surface area contributed by atoms with E-state index < -0.39 is 51.3 Å². The molecule has 0 saturated carbocycles. The van der Waals surface area contributed by atoms with Gasteiger partial charge >= 0.3 is 24.5 Å². The molecule has 0 aromatic rings. The van der Waals surface area contributed by atoms with E-state index in [2.05, 4.69) is 29.0 Å². The zero-order chi connectivity index (χ0) is 43.4. The van der Waals surface area contributed by atoms with E-state index in [0.29, 0.717) is 32.3 Å². The lowest BCUT2D eigenvalue weighted by Gasteiger charge is -2.14. The summed E-state index contributed by atoms with van der Waals surface area (Å²) in [5.74, 6) is -5.19. The molecular weight excluding hydrogens is 832 g/mol. The number of nitrogens with two attached hydrogens (primary N) is 2. The van der Waals surface area contributed by atoms with Crippen LogP contribution in [0.4, 0.5) is 87.8 Å². The van der Waals surface area contributed by atoms with Gasteiger partial charge in [-0.3, -0.25) is 22.9 Å². The second kappa shape index (κ2) is 90.4. The second-order valence-corrected chi connectivity index (χ2v) is 7.42. The van der Waals surface area contributed by atoms with Gasteiger partial charge in [0, 0.05) is 13.3 Å². The van der Waals surface area contributed by atoms with Crippen molar-refractivity contribution in [2.45, 2.75) is 136 Å². The summed E-state index contributed by atoms with van der Waals surface area (Å²) < 4.78 is 213. The van der Waals surface area contributed by atoms with Crippen LogP contribution in [-0.4, -0.2) is 97.9 Å². The molecule has 372 valence electrons. The van der Waals surface area contributed by atoms with Gasteiger partial charge in [-0.15, -0.1) is 0 Å². The minimum atomic E-state index is -5.76. The predicted molar refractivity (Wildman–Crippen MR) is 203 cm³/mol. The highest BCUT2D eigenvalue weighted by molar-refractivity contribution is 4.73. The molecule has 0 aliphatic rings. The minimum Gasteiger partial charge on any atom is -0.319 e. The van der Waals surface area contributed by atoms with Gasteiger partial charge in [0.15, 0.2) is 20.0 Å². The SMILES string of the molecule is C.C.C.C.C.C.CC=CF.CCCF.CCCF.CCCF.CCCNCNCF.CCF.FCC(F)(F)C(F)(F)F.FCC(F)(F)F.FCC(F)(F)F.NCN. The lowest BCUT2D eigenvalue weighted by molar-refractivity contribution is -0.286. The van der Waals surface area contributed by atoms with Gasteiger partial charge in [0.05, 0.1) is 33.0 Å². The molecule has 0 unspecified atom stereocenters. The van der Waals surface area contributed by atoms with E-state index in [-0.39, 0.29) is 77.9 Å². The normalized spacial score (nSPS) is 8.98. The molecular formula is C33H80F20N4. The van der Waals surface area contributed by atoms with Gasteiger partial charge in [0.2, 0.25) is 0 Å². The minimum absolute atomic E-state index is 0. The number of rotatable bonds is 9. The third-order valence-corrected chi connectivity index (χ3v) is 2.35. The molecule has 0 fully saturated rings. The molecule has 0 aliphatic carbocycles. The quantitative estimate of drug-likeness (QED) is 0.0805. The summed E-state index contributed by atoms with van der Waals surface area (Å²) in [4.78, 5) is 0. The molecule has 57 heavy (non-hydrogen) atoms. The maximum atomic E-state index is 11.3. The molecule has 0 radical (unpaired) electrons. The Morgan fingerprint density at radius 3 is 0.772 bits per heavy atom. The third-order valence-electron chi connectivity index (χ3n) is 2.35. The molecule has 0 bridgehead atoms. The molecule has 4 nitrogen and oxygen atoms in total. The topological polar surface area (TPSA) is 76.1 Å². The van der Waals surface area contributed by atoms with E-state index in [1.165, 1.54) is 13.0 Å². The summed E-state index contributed by atoms with van der Waals surface area (Å²) in [5, 5.41) is 5.49. The van der Waals surface area contributed by atoms with Gasteiger partial charge in [-0.2, -0.15) is 48.3 Å². The average molecular weight is 913 g/mol. The molecule has 0 aromatic heterocycles. The molecule has 0 rings (SSSR count). The summed E-state index contributed by atoms with van der Waals surface area (Å²) in [5.41, 5.74) is 9.25. The van der Waals surface area contributed by atoms with Gasteiger partial charge in [-0.05, 0) is 46.1 Å².